The van der Waals surface area contributed by atoms with E-state index in [2.05, 4.69) is 15.0 Å². The number of nitrogens with one attached hydrogen (secondary N) is 1. The summed E-state index contributed by atoms with van der Waals surface area (Å²) in [7, 11) is 0. The van der Waals surface area contributed by atoms with Crippen molar-refractivity contribution in [2.75, 3.05) is 0 Å². The van der Waals surface area contributed by atoms with Crippen molar-refractivity contribution in [2.45, 2.75) is 32.7 Å². The minimum absolute atomic E-state index is 0.172. The van der Waals surface area contributed by atoms with Crippen LogP contribution in [0.25, 0.3) is 10.8 Å². The molecule has 0 aliphatic rings. The van der Waals surface area contributed by atoms with Crippen molar-refractivity contribution in [3.05, 3.63) is 71.5 Å². The lowest BCUT2D eigenvalue weighted by Crippen LogP contribution is -2.51. The zero-order chi connectivity index (χ0) is 23.3. The van der Waals surface area contributed by atoms with E-state index < -0.39 is 17.4 Å². The second-order valence-electron chi connectivity index (χ2n) is 7.38. The normalized spacial score (nSPS) is 13.1. The number of hydrogen-bond donors (Lipinski definition) is 2. The van der Waals surface area contributed by atoms with Crippen molar-refractivity contribution in [1.29, 1.82) is 0 Å². The number of carboxylic acids is 1. The molecular weight excluding hydrogens is 433 g/mol. The van der Waals surface area contributed by atoms with Crippen LogP contribution < -0.4 is 9.50 Å². The SMILES string of the molecule is CCC(C)(NC(=O)c1ccc2ccccc2c1OSN=Nc1ccc(F)cc1C)C(=O)O. The van der Waals surface area contributed by atoms with Crippen molar-refractivity contribution >= 4 is 40.6 Å². The van der Waals surface area contributed by atoms with Crippen molar-refractivity contribution in [3.8, 4) is 5.75 Å². The Hall–Kier alpha value is -3.46. The molecule has 0 saturated carbocycles. The number of halogens is 1. The third-order valence-corrected chi connectivity index (χ3v) is 5.54. The van der Waals surface area contributed by atoms with E-state index in [0.717, 1.165) is 5.39 Å². The summed E-state index contributed by atoms with van der Waals surface area (Å²) in [4.78, 5) is 24.6. The molecule has 0 heterocycles. The van der Waals surface area contributed by atoms with Gasteiger partial charge in [0.05, 0.1) is 11.3 Å². The van der Waals surface area contributed by atoms with E-state index in [-0.39, 0.29) is 23.6 Å². The number of rotatable bonds is 8. The van der Waals surface area contributed by atoms with Gasteiger partial charge in [0.25, 0.3) is 5.91 Å². The fraction of sp³-hybridized carbons (Fsp3) is 0.217. The quantitative estimate of drug-likeness (QED) is 0.247. The maximum atomic E-state index is 13.2. The van der Waals surface area contributed by atoms with E-state index in [1.165, 1.54) is 25.1 Å². The van der Waals surface area contributed by atoms with Crippen LogP contribution in [-0.2, 0) is 4.79 Å². The maximum Gasteiger partial charge on any atom is 0.329 e. The molecule has 0 spiro atoms. The van der Waals surface area contributed by atoms with Crippen LogP contribution in [0, 0.1) is 12.7 Å². The average Bonchev–Trinajstić information content (AvgIpc) is 2.77. The maximum absolute atomic E-state index is 13.2. The molecule has 166 valence electrons. The Morgan fingerprint density at radius 2 is 1.94 bits per heavy atom. The molecule has 9 heteroatoms. The summed E-state index contributed by atoms with van der Waals surface area (Å²) in [6.07, 6.45) is 0.206. The molecule has 0 fully saturated rings. The first kappa shape index (κ1) is 23.2. The van der Waals surface area contributed by atoms with Crippen LogP contribution >= 0.6 is 12.2 Å². The summed E-state index contributed by atoms with van der Waals surface area (Å²) in [5, 5.41) is 17.6. The third kappa shape index (κ3) is 5.05. The Labute approximate surface area is 189 Å². The molecule has 0 saturated heterocycles. The number of carbonyl (C=O) groups is 2. The highest BCUT2D eigenvalue weighted by molar-refractivity contribution is 7.93. The zero-order valence-corrected chi connectivity index (χ0v) is 18.6. The van der Waals surface area contributed by atoms with Crippen molar-refractivity contribution in [2.24, 2.45) is 9.63 Å². The Balaban J connectivity index is 1.89. The molecule has 32 heavy (non-hydrogen) atoms. The number of carboxylic acid groups (broad SMARTS) is 1. The molecule has 0 aliphatic carbocycles. The molecule has 3 aromatic carbocycles. The molecule has 0 aromatic heterocycles. The molecule has 7 nitrogen and oxygen atoms in total. The van der Waals surface area contributed by atoms with Crippen LogP contribution in [0.2, 0.25) is 0 Å². The standard InChI is InChI=1S/C23H22FN3O4S/c1-4-23(3,22(29)30)25-21(28)18-11-9-15-7-5-6-8-17(15)20(18)31-32-27-26-19-12-10-16(24)13-14(19)2/h5-13H,4H2,1-3H3,(H,25,28)(H,29,30). The monoisotopic (exact) mass is 455 g/mol. The van der Waals surface area contributed by atoms with Gasteiger partial charge in [-0.15, -0.1) is 5.11 Å². The van der Waals surface area contributed by atoms with E-state index in [0.29, 0.717) is 28.9 Å². The summed E-state index contributed by atoms with van der Waals surface area (Å²) in [5.41, 5.74) is -0.150. The lowest BCUT2D eigenvalue weighted by atomic mass is 9.97. The third-order valence-electron chi connectivity index (χ3n) is 5.15. The van der Waals surface area contributed by atoms with Crippen LogP contribution in [-0.4, -0.2) is 22.5 Å². The molecular formula is C23H22FN3O4S. The minimum atomic E-state index is -1.42. The number of benzene rings is 3. The number of aliphatic carboxylic acids is 1. The van der Waals surface area contributed by atoms with Gasteiger partial charge < -0.3 is 14.6 Å². The van der Waals surface area contributed by atoms with Crippen molar-refractivity contribution in [1.82, 2.24) is 5.32 Å². The highest BCUT2D eigenvalue weighted by Gasteiger charge is 2.34. The number of nitrogens with zero attached hydrogens (tertiary/aromatic N) is 2. The Morgan fingerprint density at radius 3 is 2.62 bits per heavy atom. The van der Waals surface area contributed by atoms with E-state index in [1.54, 1.807) is 38.1 Å². The zero-order valence-electron chi connectivity index (χ0n) is 17.8. The smallest absolute Gasteiger partial charge is 0.329 e. The Morgan fingerprint density at radius 1 is 1.19 bits per heavy atom. The molecule has 3 aromatic rings. The van der Waals surface area contributed by atoms with Gasteiger partial charge >= 0.3 is 5.97 Å². The fourth-order valence-corrected chi connectivity index (χ4v) is 3.38. The van der Waals surface area contributed by atoms with Gasteiger partial charge in [-0.3, -0.25) is 4.79 Å². The van der Waals surface area contributed by atoms with Crippen molar-refractivity contribution < 1.29 is 23.3 Å². The molecule has 1 amide bonds. The average molecular weight is 456 g/mol. The molecule has 0 aliphatic heterocycles. The fourth-order valence-electron chi connectivity index (χ4n) is 2.97. The molecule has 2 N–H and O–H groups in total. The van der Waals surface area contributed by atoms with E-state index in [9.17, 15) is 19.1 Å². The summed E-state index contributed by atoms with van der Waals surface area (Å²) < 4.78 is 22.9. The Kier molecular flexibility index (Phi) is 7.09. The van der Waals surface area contributed by atoms with Gasteiger partial charge in [0.15, 0.2) is 5.75 Å². The van der Waals surface area contributed by atoms with Gasteiger partial charge in [-0.2, -0.15) is 0 Å². The minimum Gasteiger partial charge on any atom is -0.480 e. The molecule has 1 unspecified atom stereocenters. The lowest BCUT2D eigenvalue weighted by Gasteiger charge is -2.25. The topological polar surface area (TPSA) is 100 Å². The van der Waals surface area contributed by atoms with Crippen LogP contribution in [0.1, 0.15) is 36.2 Å². The Bertz CT molecular complexity index is 1200. The first-order chi connectivity index (χ1) is 15.2. The number of carbonyl (C=O) groups excluding carboxylic acids is 1. The highest BCUT2D eigenvalue weighted by Crippen LogP contribution is 2.33. The lowest BCUT2D eigenvalue weighted by molar-refractivity contribution is -0.143. The van der Waals surface area contributed by atoms with E-state index in [1.807, 2.05) is 12.1 Å². The largest absolute Gasteiger partial charge is 0.480 e. The van der Waals surface area contributed by atoms with Gasteiger partial charge in [0.2, 0.25) is 12.2 Å². The van der Waals surface area contributed by atoms with Crippen LogP contribution in [0.4, 0.5) is 10.1 Å². The van der Waals surface area contributed by atoms with Crippen LogP contribution in [0.3, 0.4) is 0 Å². The van der Waals surface area contributed by atoms with E-state index >= 15 is 0 Å². The number of fused-ring (bicyclic) bond motifs is 1. The molecule has 1 atom stereocenters. The van der Waals surface area contributed by atoms with E-state index in [4.69, 9.17) is 4.18 Å². The summed E-state index contributed by atoms with van der Waals surface area (Å²) in [5.74, 6) is -1.83. The van der Waals surface area contributed by atoms with Gasteiger partial charge in [0, 0.05) is 5.39 Å². The highest BCUT2D eigenvalue weighted by atomic mass is 32.2. The molecule has 3 rings (SSSR count). The first-order valence-electron chi connectivity index (χ1n) is 9.83. The van der Waals surface area contributed by atoms with Gasteiger partial charge in [-0.05, 0) is 55.5 Å². The first-order valence-corrected chi connectivity index (χ1v) is 10.5. The van der Waals surface area contributed by atoms with Gasteiger partial charge in [0.1, 0.15) is 11.4 Å². The van der Waals surface area contributed by atoms with Crippen molar-refractivity contribution in [3.63, 3.8) is 0 Å². The summed E-state index contributed by atoms with van der Waals surface area (Å²) in [6.45, 7) is 4.84. The summed E-state index contributed by atoms with van der Waals surface area (Å²) >= 11 is 0.659. The predicted octanol–water partition coefficient (Wildman–Crippen LogP) is 6.00. The van der Waals surface area contributed by atoms with Crippen LogP contribution in [0.15, 0.2) is 64.2 Å². The number of amides is 1. The van der Waals surface area contributed by atoms with Gasteiger partial charge in [-0.25, -0.2) is 9.18 Å². The number of hydrogen-bond acceptors (Lipinski definition) is 6. The predicted molar refractivity (Wildman–Crippen MR) is 122 cm³/mol. The second kappa shape index (κ2) is 9.78. The van der Waals surface area contributed by atoms with Crippen LogP contribution in [0.5, 0.6) is 5.75 Å². The second-order valence-corrected chi connectivity index (χ2v) is 7.86. The summed E-state index contributed by atoms with van der Waals surface area (Å²) in [6, 6.07) is 14.8. The number of aryl methyl sites for hydroxylation is 1. The molecule has 0 radical (unpaired) electrons. The van der Waals surface area contributed by atoms with Gasteiger partial charge in [-0.1, -0.05) is 41.8 Å². The molecule has 0 bridgehead atoms.